The standard InChI is InChI=1S/C8H15NO/c1-9-7-5-3-4-6-8(7)10-2/h9H,3-6H2,1-2H3. The van der Waals surface area contributed by atoms with Crippen molar-refractivity contribution in [1.29, 1.82) is 0 Å². The average molecular weight is 141 g/mol. The minimum absolute atomic E-state index is 1.10. The number of rotatable bonds is 2. The fourth-order valence-electron chi connectivity index (χ4n) is 1.37. The summed E-state index contributed by atoms with van der Waals surface area (Å²) in [5.41, 5.74) is 1.29. The topological polar surface area (TPSA) is 21.3 Å². The molecule has 2 nitrogen and oxygen atoms in total. The van der Waals surface area contributed by atoms with E-state index in [1.165, 1.54) is 18.5 Å². The Bertz CT molecular complexity index is 124. The highest BCUT2D eigenvalue weighted by Gasteiger charge is 2.10. The summed E-state index contributed by atoms with van der Waals surface area (Å²) in [6, 6.07) is 0. The van der Waals surface area contributed by atoms with Crippen LogP contribution in [0.5, 0.6) is 0 Å². The van der Waals surface area contributed by atoms with Gasteiger partial charge in [-0.15, -0.1) is 0 Å². The molecular formula is C8H15NO. The quantitative estimate of drug-likeness (QED) is 0.631. The zero-order chi connectivity index (χ0) is 7.40. The molecule has 1 N–H and O–H groups in total. The van der Waals surface area contributed by atoms with Crippen molar-refractivity contribution in [1.82, 2.24) is 5.32 Å². The molecular weight excluding hydrogens is 126 g/mol. The lowest BCUT2D eigenvalue weighted by atomic mass is 10.0. The van der Waals surface area contributed by atoms with Gasteiger partial charge in [-0.25, -0.2) is 0 Å². The summed E-state index contributed by atoms with van der Waals surface area (Å²) >= 11 is 0. The van der Waals surface area contributed by atoms with Crippen molar-refractivity contribution in [3.8, 4) is 0 Å². The van der Waals surface area contributed by atoms with Gasteiger partial charge in [-0.05, 0) is 19.3 Å². The summed E-state index contributed by atoms with van der Waals surface area (Å²) < 4.78 is 5.21. The molecule has 0 saturated carbocycles. The molecule has 0 aromatic carbocycles. The molecule has 0 spiro atoms. The van der Waals surface area contributed by atoms with Crippen molar-refractivity contribution < 1.29 is 4.74 Å². The number of hydrogen-bond acceptors (Lipinski definition) is 2. The molecule has 10 heavy (non-hydrogen) atoms. The van der Waals surface area contributed by atoms with E-state index >= 15 is 0 Å². The summed E-state index contributed by atoms with van der Waals surface area (Å²) in [7, 11) is 3.71. The van der Waals surface area contributed by atoms with E-state index in [0.29, 0.717) is 0 Å². The van der Waals surface area contributed by atoms with Crippen LogP contribution in [0.3, 0.4) is 0 Å². The van der Waals surface area contributed by atoms with Gasteiger partial charge in [0.25, 0.3) is 0 Å². The lowest BCUT2D eigenvalue weighted by Crippen LogP contribution is -2.13. The van der Waals surface area contributed by atoms with E-state index < -0.39 is 0 Å². The van der Waals surface area contributed by atoms with Crippen molar-refractivity contribution in [3.05, 3.63) is 11.5 Å². The molecule has 0 radical (unpaired) electrons. The molecule has 0 bridgehead atoms. The zero-order valence-electron chi connectivity index (χ0n) is 6.74. The summed E-state index contributed by atoms with van der Waals surface area (Å²) in [5, 5.41) is 3.16. The fourth-order valence-corrected chi connectivity index (χ4v) is 1.37. The third-order valence-corrected chi connectivity index (χ3v) is 1.97. The van der Waals surface area contributed by atoms with Gasteiger partial charge in [-0.1, -0.05) is 0 Å². The van der Waals surface area contributed by atoms with Gasteiger partial charge in [0.05, 0.1) is 7.11 Å². The Labute approximate surface area is 62.3 Å². The lowest BCUT2D eigenvalue weighted by Gasteiger charge is -2.18. The summed E-state index contributed by atoms with van der Waals surface area (Å²) in [4.78, 5) is 0. The van der Waals surface area contributed by atoms with Crippen LogP contribution in [0.15, 0.2) is 11.5 Å². The fraction of sp³-hybridized carbons (Fsp3) is 0.750. The maximum absolute atomic E-state index is 5.21. The van der Waals surface area contributed by atoms with E-state index in [1.807, 2.05) is 7.05 Å². The third-order valence-electron chi connectivity index (χ3n) is 1.97. The van der Waals surface area contributed by atoms with E-state index in [9.17, 15) is 0 Å². The molecule has 0 aliphatic heterocycles. The van der Waals surface area contributed by atoms with Gasteiger partial charge in [0.15, 0.2) is 0 Å². The Hall–Kier alpha value is -0.660. The van der Waals surface area contributed by atoms with Crippen LogP contribution < -0.4 is 5.32 Å². The highest BCUT2D eigenvalue weighted by Crippen LogP contribution is 2.22. The van der Waals surface area contributed by atoms with Gasteiger partial charge in [0, 0.05) is 19.2 Å². The van der Waals surface area contributed by atoms with Crippen LogP contribution in [-0.2, 0) is 4.74 Å². The minimum atomic E-state index is 1.10. The molecule has 0 atom stereocenters. The molecule has 0 fully saturated rings. The molecule has 1 aliphatic carbocycles. The lowest BCUT2D eigenvalue weighted by molar-refractivity contribution is 0.257. The predicted octanol–water partition coefficient (Wildman–Crippen LogP) is 1.64. The number of allylic oxidation sites excluding steroid dienone is 2. The van der Waals surface area contributed by atoms with Gasteiger partial charge in [0.2, 0.25) is 0 Å². The van der Waals surface area contributed by atoms with Crippen LogP contribution in [0.4, 0.5) is 0 Å². The van der Waals surface area contributed by atoms with Crippen LogP contribution >= 0.6 is 0 Å². The predicted molar refractivity (Wildman–Crippen MR) is 41.6 cm³/mol. The first kappa shape index (κ1) is 7.45. The molecule has 0 heterocycles. The van der Waals surface area contributed by atoms with Gasteiger partial charge >= 0.3 is 0 Å². The summed E-state index contributed by atoms with van der Waals surface area (Å²) in [6.07, 6.45) is 4.82. The van der Waals surface area contributed by atoms with Crippen molar-refractivity contribution >= 4 is 0 Å². The Balaban J connectivity index is 2.63. The maximum Gasteiger partial charge on any atom is 0.114 e. The van der Waals surface area contributed by atoms with Crippen LogP contribution in [0.25, 0.3) is 0 Å². The van der Waals surface area contributed by atoms with E-state index in [4.69, 9.17) is 4.74 Å². The van der Waals surface area contributed by atoms with Crippen molar-refractivity contribution in [3.63, 3.8) is 0 Å². The van der Waals surface area contributed by atoms with E-state index in [1.54, 1.807) is 7.11 Å². The molecule has 1 aliphatic rings. The second-order valence-electron chi connectivity index (χ2n) is 2.56. The molecule has 0 aromatic heterocycles. The van der Waals surface area contributed by atoms with Crippen molar-refractivity contribution in [2.45, 2.75) is 25.7 Å². The number of hydrogen-bond donors (Lipinski definition) is 1. The second-order valence-corrected chi connectivity index (χ2v) is 2.56. The van der Waals surface area contributed by atoms with E-state index in [0.717, 1.165) is 18.6 Å². The van der Waals surface area contributed by atoms with Crippen molar-refractivity contribution in [2.24, 2.45) is 0 Å². The minimum Gasteiger partial charge on any atom is -0.499 e. The third kappa shape index (κ3) is 1.43. The Morgan fingerprint density at radius 1 is 1.30 bits per heavy atom. The SMILES string of the molecule is CNC1=C(OC)CCCC1. The Kier molecular flexibility index (Phi) is 2.60. The monoisotopic (exact) mass is 141 g/mol. The first-order valence-corrected chi connectivity index (χ1v) is 3.82. The summed E-state index contributed by atoms with van der Waals surface area (Å²) in [6.45, 7) is 0. The number of methoxy groups -OCH3 is 1. The smallest absolute Gasteiger partial charge is 0.114 e. The molecule has 0 aromatic rings. The van der Waals surface area contributed by atoms with Crippen LogP contribution in [-0.4, -0.2) is 14.2 Å². The largest absolute Gasteiger partial charge is 0.499 e. The molecule has 0 unspecified atom stereocenters. The van der Waals surface area contributed by atoms with E-state index in [-0.39, 0.29) is 0 Å². The van der Waals surface area contributed by atoms with Crippen LogP contribution in [0, 0.1) is 0 Å². The average Bonchev–Trinajstić information content (AvgIpc) is 2.04. The van der Waals surface area contributed by atoms with Gasteiger partial charge in [0.1, 0.15) is 5.76 Å². The molecule has 58 valence electrons. The number of nitrogens with one attached hydrogen (secondary N) is 1. The maximum atomic E-state index is 5.21. The number of ether oxygens (including phenoxy) is 1. The van der Waals surface area contributed by atoms with Crippen LogP contribution in [0.1, 0.15) is 25.7 Å². The Morgan fingerprint density at radius 3 is 2.50 bits per heavy atom. The van der Waals surface area contributed by atoms with E-state index in [2.05, 4.69) is 5.32 Å². The normalized spacial score (nSPS) is 19.0. The first-order chi connectivity index (χ1) is 4.88. The molecule has 0 saturated heterocycles. The van der Waals surface area contributed by atoms with Crippen molar-refractivity contribution in [2.75, 3.05) is 14.2 Å². The zero-order valence-corrected chi connectivity index (χ0v) is 6.74. The van der Waals surface area contributed by atoms with Crippen LogP contribution in [0.2, 0.25) is 0 Å². The van der Waals surface area contributed by atoms with Gasteiger partial charge < -0.3 is 10.1 Å². The Morgan fingerprint density at radius 2 is 2.00 bits per heavy atom. The van der Waals surface area contributed by atoms with Gasteiger partial charge in [-0.2, -0.15) is 0 Å². The van der Waals surface area contributed by atoms with Gasteiger partial charge in [-0.3, -0.25) is 0 Å². The molecule has 2 heteroatoms. The first-order valence-electron chi connectivity index (χ1n) is 3.82. The molecule has 1 rings (SSSR count). The molecule has 0 amide bonds. The highest BCUT2D eigenvalue weighted by atomic mass is 16.5. The second kappa shape index (κ2) is 3.49. The highest BCUT2D eigenvalue weighted by molar-refractivity contribution is 5.08. The summed E-state index contributed by atoms with van der Waals surface area (Å²) in [5.74, 6) is 1.15.